The molecular formula is C22H27N3O4S. The maximum Gasteiger partial charge on any atom is 0.348 e. The quantitative estimate of drug-likeness (QED) is 0.538. The van der Waals surface area contributed by atoms with E-state index in [0.717, 1.165) is 56.4 Å². The van der Waals surface area contributed by atoms with Crippen LogP contribution in [0.25, 0.3) is 0 Å². The summed E-state index contributed by atoms with van der Waals surface area (Å²) < 4.78 is 12.8. The normalized spacial score (nSPS) is 18.1. The number of anilines is 1. The highest BCUT2D eigenvalue weighted by Crippen LogP contribution is 2.30. The fourth-order valence-corrected chi connectivity index (χ4v) is 4.99. The molecule has 1 aliphatic heterocycles. The van der Waals surface area contributed by atoms with Gasteiger partial charge in [0.15, 0.2) is 0 Å². The summed E-state index contributed by atoms with van der Waals surface area (Å²) in [5.74, 6) is 0.648. The Morgan fingerprint density at radius 1 is 1.30 bits per heavy atom. The Hall–Kier alpha value is -2.32. The molecule has 1 unspecified atom stereocenters. The van der Waals surface area contributed by atoms with Gasteiger partial charge in [-0.05, 0) is 50.7 Å². The lowest BCUT2D eigenvalue weighted by molar-refractivity contribution is -0.113. The van der Waals surface area contributed by atoms with Gasteiger partial charge in [0, 0.05) is 17.9 Å². The van der Waals surface area contributed by atoms with Gasteiger partial charge in [0.2, 0.25) is 5.91 Å². The lowest BCUT2D eigenvalue weighted by Crippen LogP contribution is -2.34. The van der Waals surface area contributed by atoms with Crippen molar-refractivity contribution in [3.8, 4) is 5.75 Å². The van der Waals surface area contributed by atoms with E-state index >= 15 is 0 Å². The van der Waals surface area contributed by atoms with Crippen LogP contribution in [0.1, 0.15) is 36.9 Å². The van der Waals surface area contributed by atoms with E-state index in [2.05, 4.69) is 10.3 Å². The summed E-state index contributed by atoms with van der Waals surface area (Å²) in [5, 5.41) is 3.56. The van der Waals surface area contributed by atoms with Gasteiger partial charge in [-0.25, -0.2) is 4.79 Å². The van der Waals surface area contributed by atoms with Crippen molar-refractivity contribution in [2.75, 3.05) is 24.8 Å². The molecule has 1 atom stereocenters. The van der Waals surface area contributed by atoms with E-state index in [9.17, 15) is 9.59 Å². The Bertz CT molecular complexity index is 969. The summed E-state index contributed by atoms with van der Waals surface area (Å²) in [4.78, 5) is 29.6. The minimum absolute atomic E-state index is 0.0978. The Labute approximate surface area is 180 Å². The number of aromatic nitrogens is 2. The summed E-state index contributed by atoms with van der Waals surface area (Å²) in [6.07, 6.45) is 6.05. The third-order valence-electron chi connectivity index (χ3n) is 5.58. The number of methoxy groups -OCH3 is 1. The third-order valence-corrected chi connectivity index (χ3v) is 6.60. The zero-order valence-corrected chi connectivity index (χ0v) is 18.0. The van der Waals surface area contributed by atoms with Crippen LogP contribution in [0.4, 0.5) is 5.69 Å². The number of nitrogens with zero attached hydrogens (tertiary/aromatic N) is 2. The minimum Gasteiger partial charge on any atom is -0.495 e. The van der Waals surface area contributed by atoms with Gasteiger partial charge in [-0.1, -0.05) is 23.9 Å². The molecule has 1 aromatic carbocycles. The van der Waals surface area contributed by atoms with Gasteiger partial charge in [-0.15, -0.1) is 0 Å². The average Bonchev–Trinajstić information content (AvgIpc) is 3.28. The predicted octanol–water partition coefficient (Wildman–Crippen LogP) is 3.04. The fourth-order valence-electron chi connectivity index (χ4n) is 4.12. The lowest BCUT2D eigenvalue weighted by Gasteiger charge is -2.24. The zero-order valence-electron chi connectivity index (χ0n) is 17.2. The van der Waals surface area contributed by atoms with Crippen molar-refractivity contribution in [1.29, 1.82) is 0 Å². The molecule has 2 aliphatic rings. The molecule has 1 aromatic heterocycles. The maximum atomic E-state index is 12.8. The first-order valence-electron chi connectivity index (χ1n) is 10.5. The number of hydrogen-bond donors (Lipinski definition) is 1. The lowest BCUT2D eigenvalue weighted by atomic mass is 9.97. The van der Waals surface area contributed by atoms with E-state index in [1.54, 1.807) is 19.2 Å². The van der Waals surface area contributed by atoms with Crippen LogP contribution in [0.3, 0.4) is 0 Å². The number of hydrogen-bond acceptors (Lipinski definition) is 6. The van der Waals surface area contributed by atoms with Crippen LogP contribution in [0.15, 0.2) is 34.1 Å². The molecule has 0 spiro atoms. The molecular weight excluding hydrogens is 402 g/mol. The van der Waals surface area contributed by atoms with E-state index in [0.29, 0.717) is 23.0 Å². The van der Waals surface area contributed by atoms with E-state index in [4.69, 9.17) is 9.47 Å². The molecule has 4 rings (SSSR count). The topological polar surface area (TPSA) is 82.5 Å². The molecule has 1 fully saturated rings. The smallest absolute Gasteiger partial charge is 0.348 e. The van der Waals surface area contributed by atoms with Crippen molar-refractivity contribution in [1.82, 2.24) is 9.55 Å². The number of fused-ring (bicyclic) bond motifs is 1. The van der Waals surface area contributed by atoms with Gasteiger partial charge in [-0.3, -0.25) is 9.36 Å². The van der Waals surface area contributed by atoms with Crippen LogP contribution in [0.2, 0.25) is 0 Å². The van der Waals surface area contributed by atoms with Gasteiger partial charge in [0.25, 0.3) is 0 Å². The molecule has 7 nitrogen and oxygen atoms in total. The SMILES string of the molecule is COc1ccccc1NC(=O)CSc1nc(=O)n(CC2CCCO2)c2c1CCCC2. The Kier molecular flexibility index (Phi) is 6.74. The van der Waals surface area contributed by atoms with Crippen molar-refractivity contribution in [3.05, 3.63) is 46.0 Å². The fraction of sp³-hybridized carbons (Fsp3) is 0.500. The first-order chi connectivity index (χ1) is 14.7. The number of para-hydroxylation sites is 2. The highest BCUT2D eigenvalue weighted by atomic mass is 32.2. The number of amides is 1. The summed E-state index contributed by atoms with van der Waals surface area (Å²) in [6, 6.07) is 7.30. The van der Waals surface area contributed by atoms with E-state index in [1.165, 1.54) is 11.8 Å². The van der Waals surface area contributed by atoms with E-state index < -0.39 is 0 Å². The summed E-state index contributed by atoms with van der Waals surface area (Å²) in [7, 11) is 1.57. The second-order valence-corrected chi connectivity index (χ2v) is 8.58. The van der Waals surface area contributed by atoms with Crippen molar-refractivity contribution < 1.29 is 14.3 Å². The molecule has 0 radical (unpaired) electrons. The van der Waals surface area contributed by atoms with Gasteiger partial charge < -0.3 is 14.8 Å². The zero-order chi connectivity index (χ0) is 20.9. The molecule has 0 saturated carbocycles. The van der Waals surface area contributed by atoms with Crippen LogP contribution < -0.4 is 15.7 Å². The van der Waals surface area contributed by atoms with Crippen molar-refractivity contribution in [2.45, 2.75) is 56.2 Å². The average molecular weight is 430 g/mol. The molecule has 2 heterocycles. The van der Waals surface area contributed by atoms with Crippen LogP contribution in [-0.4, -0.2) is 41.0 Å². The highest BCUT2D eigenvalue weighted by Gasteiger charge is 2.24. The maximum absolute atomic E-state index is 12.8. The standard InChI is InChI=1S/C22H27N3O4S/c1-28-19-11-5-3-9-17(19)23-20(26)14-30-21-16-8-2-4-10-18(16)25(22(27)24-21)13-15-7-6-12-29-15/h3,5,9,11,15H,2,4,6-8,10,12-14H2,1H3,(H,23,26). The van der Waals surface area contributed by atoms with Crippen molar-refractivity contribution >= 4 is 23.4 Å². The first kappa shape index (κ1) is 20.9. The van der Waals surface area contributed by atoms with Crippen LogP contribution in [-0.2, 0) is 28.9 Å². The highest BCUT2D eigenvalue weighted by molar-refractivity contribution is 8.00. The molecule has 1 aliphatic carbocycles. The minimum atomic E-state index is -0.237. The van der Waals surface area contributed by atoms with Gasteiger partial charge >= 0.3 is 5.69 Å². The molecule has 1 saturated heterocycles. The van der Waals surface area contributed by atoms with Gasteiger partial charge in [0.1, 0.15) is 10.8 Å². The Balaban J connectivity index is 1.49. The number of thioether (sulfide) groups is 1. The summed E-state index contributed by atoms with van der Waals surface area (Å²) in [6.45, 7) is 1.34. The number of nitrogens with one attached hydrogen (secondary N) is 1. The van der Waals surface area contributed by atoms with Crippen LogP contribution >= 0.6 is 11.8 Å². The molecule has 8 heteroatoms. The van der Waals surface area contributed by atoms with Crippen molar-refractivity contribution in [2.24, 2.45) is 0 Å². The Morgan fingerprint density at radius 3 is 2.93 bits per heavy atom. The monoisotopic (exact) mass is 429 g/mol. The molecule has 160 valence electrons. The van der Waals surface area contributed by atoms with Crippen molar-refractivity contribution in [3.63, 3.8) is 0 Å². The predicted molar refractivity (Wildman–Crippen MR) is 116 cm³/mol. The van der Waals surface area contributed by atoms with E-state index in [1.807, 2.05) is 16.7 Å². The Morgan fingerprint density at radius 2 is 2.13 bits per heavy atom. The van der Waals surface area contributed by atoms with Crippen LogP contribution in [0.5, 0.6) is 5.75 Å². The molecule has 2 aromatic rings. The van der Waals surface area contributed by atoms with Gasteiger partial charge in [-0.2, -0.15) is 4.98 Å². The molecule has 1 amide bonds. The summed E-state index contributed by atoms with van der Waals surface area (Å²) >= 11 is 1.33. The number of carbonyl (C=O) groups is 1. The largest absolute Gasteiger partial charge is 0.495 e. The number of ether oxygens (including phenoxy) is 2. The third kappa shape index (κ3) is 4.70. The number of benzene rings is 1. The summed E-state index contributed by atoms with van der Waals surface area (Å²) in [5.41, 5.74) is 2.59. The second-order valence-electron chi connectivity index (χ2n) is 7.61. The number of rotatable bonds is 7. The molecule has 30 heavy (non-hydrogen) atoms. The second kappa shape index (κ2) is 9.66. The first-order valence-corrected chi connectivity index (χ1v) is 11.4. The van der Waals surface area contributed by atoms with Crippen LogP contribution in [0, 0.1) is 0 Å². The number of carbonyl (C=O) groups excluding carboxylic acids is 1. The molecule has 0 bridgehead atoms. The van der Waals surface area contributed by atoms with Gasteiger partial charge in [0.05, 0.1) is 31.2 Å². The van der Waals surface area contributed by atoms with E-state index in [-0.39, 0.29) is 23.5 Å². The molecule has 1 N–H and O–H groups in total.